The average molecular weight is 433 g/mol. The molecule has 6 nitrogen and oxygen atoms in total. The summed E-state index contributed by atoms with van der Waals surface area (Å²) in [5, 5.41) is 3.32. The molecule has 0 spiro atoms. The van der Waals surface area contributed by atoms with Crippen molar-refractivity contribution in [3.8, 4) is 11.5 Å². The van der Waals surface area contributed by atoms with E-state index < -0.39 is 6.04 Å². The highest BCUT2D eigenvalue weighted by atomic mass is 35.5. The maximum absolute atomic E-state index is 13.0. The van der Waals surface area contributed by atoms with Gasteiger partial charge in [-0.3, -0.25) is 9.59 Å². The Balaban J connectivity index is 2.14. The fourth-order valence-corrected chi connectivity index (χ4v) is 2.94. The van der Waals surface area contributed by atoms with Gasteiger partial charge in [0.15, 0.2) is 6.61 Å². The molecule has 7 heteroatoms. The van der Waals surface area contributed by atoms with E-state index >= 15 is 0 Å². The van der Waals surface area contributed by atoms with Crippen molar-refractivity contribution >= 4 is 23.4 Å². The van der Waals surface area contributed by atoms with Crippen LogP contribution in [0.2, 0.25) is 5.02 Å². The van der Waals surface area contributed by atoms with Crippen molar-refractivity contribution < 1.29 is 19.1 Å². The van der Waals surface area contributed by atoms with Crippen LogP contribution in [0.5, 0.6) is 11.5 Å². The lowest BCUT2D eigenvalue weighted by molar-refractivity contribution is -0.142. The molecule has 0 aliphatic rings. The summed E-state index contributed by atoms with van der Waals surface area (Å²) in [6, 6.07) is 13.7. The molecular weight excluding hydrogens is 404 g/mol. The third-order valence-electron chi connectivity index (χ3n) is 4.55. The summed E-state index contributed by atoms with van der Waals surface area (Å²) in [5.74, 6) is 0.951. The Morgan fingerprint density at radius 2 is 1.73 bits per heavy atom. The summed E-state index contributed by atoms with van der Waals surface area (Å²) < 4.78 is 10.8. The lowest BCUT2D eigenvalue weighted by atomic mass is 10.1. The van der Waals surface area contributed by atoms with Gasteiger partial charge in [0.05, 0.1) is 12.1 Å². The van der Waals surface area contributed by atoms with E-state index in [1.165, 1.54) is 4.90 Å². The van der Waals surface area contributed by atoms with Gasteiger partial charge in [0.2, 0.25) is 5.91 Å². The van der Waals surface area contributed by atoms with Crippen molar-refractivity contribution in [3.63, 3.8) is 0 Å². The molecule has 0 saturated carbocycles. The number of halogens is 1. The van der Waals surface area contributed by atoms with Gasteiger partial charge in [-0.05, 0) is 42.7 Å². The van der Waals surface area contributed by atoms with Crippen molar-refractivity contribution in [1.82, 2.24) is 10.2 Å². The number of hydrogen-bond acceptors (Lipinski definition) is 4. The number of amides is 2. The molecule has 1 N–H and O–H groups in total. The molecule has 1 atom stereocenters. The highest BCUT2D eigenvalue weighted by Gasteiger charge is 2.26. The number of ether oxygens (including phenoxy) is 2. The van der Waals surface area contributed by atoms with E-state index in [-0.39, 0.29) is 25.0 Å². The van der Waals surface area contributed by atoms with Gasteiger partial charge in [-0.1, -0.05) is 49.7 Å². The second-order valence-corrected chi connectivity index (χ2v) is 7.81. The predicted molar refractivity (Wildman–Crippen MR) is 118 cm³/mol. The van der Waals surface area contributed by atoms with Crippen LogP contribution in [0.4, 0.5) is 0 Å². The molecule has 0 fully saturated rings. The maximum atomic E-state index is 13.0. The zero-order chi connectivity index (χ0) is 22.1. The molecule has 0 aromatic heterocycles. The molecule has 2 rings (SSSR count). The number of carbonyl (C=O) groups excluding carboxylic acids is 2. The fourth-order valence-electron chi connectivity index (χ4n) is 2.75. The minimum atomic E-state index is -0.659. The molecule has 0 aliphatic heterocycles. The van der Waals surface area contributed by atoms with Crippen LogP contribution in [0, 0.1) is 5.92 Å². The summed E-state index contributed by atoms with van der Waals surface area (Å²) in [7, 11) is 1.60. The van der Waals surface area contributed by atoms with Gasteiger partial charge in [0, 0.05) is 13.1 Å². The zero-order valence-corrected chi connectivity index (χ0v) is 18.6. The van der Waals surface area contributed by atoms with Gasteiger partial charge in [0.25, 0.3) is 5.91 Å². The van der Waals surface area contributed by atoms with Crippen molar-refractivity contribution in [2.24, 2.45) is 5.92 Å². The third-order valence-corrected chi connectivity index (χ3v) is 4.86. The number of para-hydroxylation sites is 1. The first-order chi connectivity index (χ1) is 14.3. The second-order valence-electron chi connectivity index (χ2n) is 7.40. The van der Waals surface area contributed by atoms with Crippen molar-refractivity contribution in [1.29, 1.82) is 0 Å². The van der Waals surface area contributed by atoms with Gasteiger partial charge in [-0.2, -0.15) is 0 Å². The molecule has 2 amide bonds. The first-order valence-electron chi connectivity index (χ1n) is 9.89. The first kappa shape index (κ1) is 23.5. The minimum Gasteiger partial charge on any atom is -0.497 e. The van der Waals surface area contributed by atoms with Crippen molar-refractivity contribution in [2.75, 3.05) is 20.3 Å². The molecular formula is C23H29ClN2O4. The Bertz CT molecular complexity index is 839. The highest BCUT2D eigenvalue weighted by Crippen LogP contribution is 2.23. The summed E-state index contributed by atoms with van der Waals surface area (Å²) in [5.41, 5.74) is 0.880. The van der Waals surface area contributed by atoms with Crippen LogP contribution >= 0.6 is 11.6 Å². The molecule has 0 radical (unpaired) electrons. The number of carbonyl (C=O) groups is 2. The molecule has 0 bridgehead atoms. The number of rotatable bonds is 10. The molecule has 2 aromatic carbocycles. The Hall–Kier alpha value is -2.73. The monoisotopic (exact) mass is 432 g/mol. The quantitative estimate of drug-likeness (QED) is 0.618. The van der Waals surface area contributed by atoms with E-state index in [2.05, 4.69) is 5.32 Å². The van der Waals surface area contributed by atoms with E-state index in [0.29, 0.717) is 23.2 Å². The third kappa shape index (κ3) is 6.95. The van der Waals surface area contributed by atoms with Crippen LogP contribution < -0.4 is 14.8 Å². The average Bonchev–Trinajstić information content (AvgIpc) is 2.74. The number of benzene rings is 2. The van der Waals surface area contributed by atoms with E-state index in [1.54, 1.807) is 38.3 Å². The topological polar surface area (TPSA) is 67.9 Å². The fraction of sp³-hybridized carbons (Fsp3) is 0.391. The van der Waals surface area contributed by atoms with E-state index in [4.69, 9.17) is 21.1 Å². The van der Waals surface area contributed by atoms with Crippen LogP contribution in [0.3, 0.4) is 0 Å². The maximum Gasteiger partial charge on any atom is 0.261 e. The molecule has 1 unspecified atom stereocenters. The Morgan fingerprint density at radius 1 is 1.07 bits per heavy atom. The lowest BCUT2D eigenvalue weighted by Gasteiger charge is -2.29. The van der Waals surface area contributed by atoms with Crippen LogP contribution in [-0.2, 0) is 16.1 Å². The van der Waals surface area contributed by atoms with Gasteiger partial charge < -0.3 is 19.7 Å². The molecule has 0 saturated heterocycles. The van der Waals surface area contributed by atoms with Crippen LogP contribution in [-0.4, -0.2) is 43.0 Å². The number of nitrogens with zero attached hydrogens (tertiary/aromatic N) is 1. The molecule has 30 heavy (non-hydrogen) atoms. The highest BCUT2D eigenvalue weighted by molar-refractivity contribution is 6.32. The Kier molecular flexibility index (Phi) is 8.99. The SMILES string of the molecule is COc1ccc(CN(C(=O)COc2ccccc2Cl)C(C)C(=O)NCC(C)C)cc1. The second kappa shape index (κ2) is 11.5. The van der Waals surface area contributed by atoms with Gasteiger partial charge in [-0.15, -0.1) is 0 Å². The normalized spacial score (nSPS) is 11.7. The standard InChI is InChI=1S/C23H29ClN2O4/c1-16(2)13-25-23(28)17(3)26(14-18-9-11-19(29-4)12-10-18)22(27)15-30-21-8-6-5-7-20(21)24/h5-12,16-17H,13-15H2,1-4H3,(H,25,28). The number of methoxy groups -OCH3 is 1. The largest absolute Gasteiger partial charge is 0.497 e. The zero-order valence-electron chi connectivity index (χ0n) is 17.9. The van der Waals surface area contributed by atoms with Crippen LogP contribution in [0.1, 0.15) is 26.3 Å². The van der Waals surface area contributed by atoms with E-state index in [1.807, 2.05) is 38.1 Å². The smallest absolute Gasteiger partial charge is 0.261 e. The summed E-state index contributed by atoms with van der Waals surface area (Å²) in [4.78, 5) is 27.1. The van der Waals surface area contributed by atoms with E-state index in [0.717, 1.165) is 11.3 Å². The van der Waals surface area contributed by atoms with Crippen LogP contribution in [0.25, 0.3) is 0 Å². The summed E-state index contributed by atoms with van der Waals surface area (Å²) in [6.07, 6.45) is 0. The molecule has 0 heterocycles. The first-order valence-corrected chi connectivity index (χ1v) is 10.3. The van der Waals surface area contributed by atoms with Gasteiger partial charge in [-0.25, -0.2) is 0 Å². The Morgan fingerprint density at radius 3 is 2.33 bits per heavy atom. The number of nitrogens with one attached hydrogen (secondary N) is 1. The predicted octanol–water partition coefficient (Wildman–Crippen LogP) is 3.92. The van der Waals surface area contributed by atoms with Crippen molar-refractivity contribution in [2.45, 2.75) is 33.4 Å². The lowest BCUT2D eigenvalue weighted by Crippen LogP contribution is -2.49. The van der Waals surface area contributed by atoms with E-state index in [9.17, 15) is 9.59 Å². The number of hydrogen-bond donors (Lipinski definition) is 1. The molecule has 162 valence electrons. The summed E-state index contributed by atoms with van der Waals surface area (Å²) in [6.45, 7) is 6.34. The van der Waals surface area contributed by atoms with Gasteiger partial charge >= 0.3 is 0 Å². The molecule has 0 aliphatic carbocycles. The van der Waals surface area contributed by atoms with Gasteiger partial charge in [0.1, 0.15) is 17.5 Å². The minimum absolute atomic E-state index is 0.205. The Labute approximate surface area is 183 Å². The summed E-state index contributed by atoms with van der Waals surface area (Å²) >= 11 is 6.10. The van der Waals surface area contributed by atoms with Crippen LogP contribution in [0.15, 0.2) is 48.5 Å². The molecule has 2 aromatic rings. The van der Waals surface area contributed by atoms with Crippen molar-refractivity contribution in [3.05, 3.63) is 59.1 Å².